The summed E-state index contributed by atoms with van der Waals surface area (Å²) in [5, 5.41) is 0. The summed E-state index contributed by atoms with van der Waals surface area (Å²) >= 11 is 12.7. The third-order valence-corrected chi connectivity index (χ3v) is 6.81. The fourth-order valence-electron chi connectivity index (χ4n) is 2.38. The Bertz CT molecular complexity index is 1100. The van der Waals surface area contributed by atoms with Crippen LogP contribution in [0.2, 0.25) is 8.67 Å². The first kappa shape index (κ1) is 18.1. The van der Waals surface area contributed by atoms with Crippen molar-refractivity contribution in [2.45, 2.75) is 11.8 Å². The van der Waals surface area contributed by atoms with Gasteiger partial charge < -0.3 is 0 Å². The molecule has 10 heteroatoms. The van der Waals surface area contributed by atoms with Crippen LogP contribution < -0.4 is 10.3 Å². The molecule has 0 aliphatic carbocycles. The van der Waals surface area contributed by atoms with E-state index < -0.39 is 15.6 Å². The summed E-state index contributed by atoms with van der Waals surface area (Å²) in [6.45, 7) is 1.65. The minimum Gasteiger partial charge on any atom is -0.283 e. The van der Waals surface area contributed by atoms with Crippen LogP contribution in [-0.4, -0.2) is 17.8 Å². The maximum Gasteiger partial charge on any atom is 0.296 e. The molecule has 0 aliphatic heterocycles. The van der Waals surface area contributed by atoms with E-state index in [-0.39, 0.29) is 19.3 Å². The van der Waals surface area contributed by atoms with Crippen molar-refractivity contribution in [1.29, 1.82) is 0 Å². The Morgan fingerprint density at radius 2 is 1.80 bits per heavy atom. The van der Waals surface area contributed by atoms with Crippen LogP contribution in [0, 0.1) is 6.92 Å². The lowest BCUT2D eigenvalue weighted by atomic mass is 10.3. The highest BCUT2D eigenvalue weighted by molar-refractivity contribution is 7.93. The summed E-state index contributed by atoms with van der Waals surface area (Å²) in [5.41, 5.74) is 0.576. The molecule has 0 bridgehead atoms. The molecule has 2 heterocycles. The monoisotopic (exact) mass is 417 g/mol. The molecule has 0 atom stereocenters. The lowest BCUT2D eigenvalue weighted by Crippen LogP contribution is -2.23. The minimum absolute atomic E-state index is 0.0365. The zero-order valence-corrected chi connectivity index (χ0v) is 16.3. The maximum atomic E-state index is 12.8. The first-order valence-electron chi connectivity index (χ1n) is 7.04. The van der Waals surface area contributed by atoms with Gasteiger partial charge in [0, 0.05) is 7.05 Å². The maximum absolute atomic E-state index is 12.8. The Labute approximate surface area is 158 Å². The number of nitrogens with zero attached hydrogens (tertiary/aromatic N) is 2. The van der Waals surface area contributed by atoms with Crippen molar-refractivity contribution in [2.75, 3.05) is 4.72 Å². The molecule has 0 radical (unpaired) electrons. The van der Waals surface area contributed by atoms with Crippen LogP contribution in [0.25, 0.3) is 5.69 Å². The Balaban J connectivity index is 2.11. The summed E-state index contributed by atoms with van der Waals surface area (Å²) < 4.78 is 30.8. The van der Waals surface area contributed by atoms with E-state index in [4.69, 9.17) is 23.2 Å². The highest BCUT2D eigenvalue weighted by atomic mass is 35.5. The Hall–Kier alpha value is -1.74. The first-order chi connectivity index (χ1) is 11.7. The Morgan fingerprint density at radius 3 is 2.36 bits per heavy atom. The second-order valence-corrected chi connectivity index (χ2v) is 9.17. The van der Waals surface area contributed by atoms with E-state index in [1.807, 2.05) is 6.07 Å². The average Bonchev–Trinajstić information content (AvgIpc) is 3.01. The number of rotatable bonds is 4. The van der Waals surface area contributed by atoms with Crippen LogP contribution in [0.15, 0.2) is 46.1 Å². The standard InChI is InChI=1S/C15H13Cl2N3O3S2/c1-9-13(18-25(22,23)11-8-12(16)24-14(11)17)15(21)20(19(9)2)10-6-4-3-5-7-10/h3-8,18H,1-2H3. The summed E-state index contributed by atoms with van der Waals surface area (Å²) in [6, 6.07) is 10.2. The van der Waals surface area contributed by atoms with Gasteiger partial charge in [-0.3, -0.25) is 14.2 Å². The van der Waals surface area contributed by atoms with E-state index in [1.54, 1.807) is 42.9 Å². The number of hydrogen-bond acceptors (Lipinski definition) is 4. The zero-order valence-electron chi connectivity index (χ0n) is 13.2. The van der Waals surface area contributed by atoms with Gasteiger partial charge in [-0.15, -0.1) is 11.3 Å². The molecule has 0 saturated heterocycles. The van der Waals surface area contributed by atoms with Gasteiger partial charge >= 0.3 is 0 Å². The zero-order chi connectivity index (χ0) is 18.4. The minimum atomic E-state index is -4.04. The van der Waals surface area contributed by atoms with Crippen LogP contribution in [0.5, 0.6) is 0 Å². The van der Waals surface area contributed by atoms with Gasteiger partial charge in [-0.05, 0) is 25.1 Å². The predicted molar refractivity (Wildman–Crippen MR) is 101 cm³/mol. The number of sulfonamides is 1. The van der Waals surface area contributed by atoms with E-state index in [2.05, 4.69) is 4.72 Å². The molecule has 0 aliphatic rings. The molecular weight excluding hydrogens is 405 g/mol. The molecule has 25 heavy (non-hydrogen) atoms. The second kappa shape index (κ2) is 6.53. The van der Waals surface area contributed by atoms with E-state index in [9.17, 15) is 13.2 Å². The molecule has 0 saturated carbocycles. The summed E-state index contributed by atoms with van der Waals surface area (Å²) in [5.74, 6) is 0. The summed E-state index contributed by atoms with van der Waals surface area (Å²) in [7, 11) is -2.36. The quantitative estimate of drug-likeness (QED) is 0.703. The van der Waals surface area contributed by atoms with Crippen molar-refractivity contribution in [3.8, 4) is 5.69 Å². The van der Waals surface area contributed by atoms with Crippen LogP contribution in [0.1, 0.15) is 5.69 Å². The van der Waals surface area contributed by atoms with E-state index >= 15 is 0 Å². The molecule has 0 spiro atoms. The highest BCUT2D eigenvalue weighted by Crippen LogP contribution is 2.35. The lowest BCUT2D eigenvalue weighted by Gasteiger charge is -2.07. The second-order valence-electron chi connectivity index (χ2n) is 5.23. The Kier molecular flexibility index (Phi) is 4.72. The van der Waals surface area contributed by atoms with Crippen LogP contribution in [0.4, 0.5) is 5.69 Å². The number of para-hydroxylation sites is 1. The van der Waals surface area contributed by atoms with Crippen LogP contribution >= 0.6 is 34.5 Å². The predicted octanol–water partition coefficient (Wildman–Crippen LogP) is 3.65. The third kappa shape index (κ3) is 3.22. The lowest BCUT2D eigenvalue weighted by molar-refractivity contribution is 0.601. The number of benzene rings is 1. The number of anilines is 1. The molecule has 3 rings (SSSR count). The largest absolute Gasteiger partial charge is 0.296 e. The molecule has 0 amide bonds. The molecule has 1 aromatic carbocycles. The van der Waals surface area contributed by atoms with Crippen LogP contribution in [0.3, 0.4) is 0 Å². The third-order valence-electron chi connectivity index (χ3n) is 3.71. The van der Waals surface area contributed by atoms with Gasteiger partial charge in [-0.25, -0.2) is 13.1 Å². The number of thiophene rings is 1. The fraction of sp³-hybridized carbons (Fsp3) is 0.133. The molecule has 0 unspecified atom stereocenters. The molecule has 6 nitrogen and oxygen atoms in total. The molecular formula is C15H13Cl2N3O3S2. The van der Waals surface area contributed by atoms with Gasteiger partial charge in [0.1, 0.15) is 14.9 Å². The van der Waals surface area contributed by atoms with Gasteiger partial charge in [0.15, 0.2) is 0 Å². The van der Waals surface area contributed by atoms with E-state index in [1.165, 1.54) is 10.7 Å². The summed E-state index contributed by atoms with van der Waals surface area (Å²) in [6.07, 6.45) is 0. The summed E-state index contributed by atoms with van der Waals surface area (Å²) in [4.78, 5) is 12.6. The smallest absolute Gasteiger partial charge is 0.283 e. The van der Waals surface area contributed by atoms with Crippen molar-refractivity contribution in [3.05, 3.63) is 61.1 Å². The van der Waals surface area contributed by atoms with Gasteiger partial charge in [0.25, 0.3) is 15.6 Å². The molecule has 2 aromatic heterocycles. The number of halogens is 2. The molecule has 1 N–H and O–H groups in total. The van der Waals surface area contributed by atoms with Crippen molar-refractivity contribution >= 4 is 50.2 Å². The topological polar surface area (TPSA) is 73.1 Å². The Morgan fingerprint density at radius 1 is 1.16 bits per heavy atom. The highest BCUT2D eigenvalue weighted by Gasteiger charge is 2.25. The van der Waals surface area contributed by atoms with Crippen molar-refractivity contribution in [2.24, 2.45) is 7.05 Å². The molecule has 0 fully saturated rings. The van der Waals surface area contributed by atoms with E-state index in [0.717, 1.165) is 11.3 Å². The normalized spacial score (nSPS) is 11.7. The first-order valence-corrected chi connectivity index (χ1v) is 10.1. The van der Waals surface area contributed by atoms with Crippen molar-refractivity contribution < 1.29 is 8.42 Å². The van der Waals surface area contributed by atoms with Gasteiger partial charge in [0.05, 0.1) is 15.7 Å². The molecule has 132 valence electrons. The average molecular weight is 418 g/mol. The number of aromatic nitrogens is 2. The van der Waals surface area contributed by atoms with Crippen LogP contribution in [-0.2, 0) is 17.1 Å². The molecule has 3 aromatic rings. The van der Waals surface area contributed by atoms with Gasteiger partial charge in [-0.1, -0.05) is 41.4 Å². The van der Waals surface area contributed by atoms with Gasteiger partial charge in [-0.2, -0.15) is 0 Å². The number of nitrogens with one attached hydrogen (secondary N) is 1. The van der Waals surface area contributed by atoms with Crippen molar-refractivity contribution in [1.82, 2.24) is 9.36 Å². The van der Waals surface area contributed by atoms with Crippen molar-refractivity contribution in [3.63, 3.8) is 0 Å². The fourth-order valence-corrected chi connectivity index (χ4v) is 5.65. The van der Waals surface area contributed by atoms with E-state index in [0.29, 0.717) is 11.4 Å². The SMILES string of the molecule is Cc1c(NS(=O)(=O)c2cc(Cl)sc2Cl)c(=O)n(-c2ccccc2)n1C. The number of hydrogen-bond donors (Lipinski definition) is 1. The van der Waals surface area contributed by atoms with Gasteiger partial charge in [0.2, 0.25) is 0 Å².